The van der Waals surface area contributed by atoms with Gasteiger partial charge in [-0.05, 0) is 40.7 Å². The van der Waals surface area contributed by atoms with Crippen LogP contribution in [-0.2, 0) is 36.6 Å². The first-order valence-electron chi connectivity index (χ1n) is 8.78. The first-order valence-corrected chi connectivity index (χ1v) is 10.4. The Balaban J connectivity index is 0.000000878. The molecule has 148 valence electrons. The second-order valence-electron chi connectivity index (χ2n) is 8.60. The van der Waals surface area contributed by atoms with Gasteiger partial charge in [0.25, 0.3) is 0 Å². The van der Waals surface area contributed by atoms with Gasteiger partial charge in [-0.3, -0.25) is 0 Å². The summed E-state index contributed by atoms with van der Waals surface area (Å²) in [6, 6.07) is 9.44. The first-order chi connectivity index (χ1) is 12.9. The van der Waals surface area contributed by atoms with Crippen LogP contribution in [0.5, 0.6) is 5.75 Å². The van der Waals surface area contributed by atoms with Crippen LogP contribution in [0.2, 0.25) is 5.02 Å². The van der Waals surface area contributed by atoms with Crippen molar-refractivity contribution in [2.75, 3.05) is 0 Å². The van der Waals surface area contributed by atoms with Crippen LogP contribution in [0.3, 0.4) is 0 Å². The quantitative estimate of drug-likeness (QED) is 0.533. The minimum atomic E-state index is -2.00. The third kappa shape index (κ3) is 4.99. The van der Waals surface area contributed by atoms with Gasteiger partial charge in [0.15, 0.2) is 0 Å². The van der Waals surface area contributed by atoms with Crippen LogP contribution in [0.15, 0.2) is 30.3 Å². The fourth-order valence-corrected chi connectivity index (χ4v) is 2.94. The zero-order valence-electron chi connectivity index (χ0n) is 16.9. The molecule has 0 aliphatic carbocycles. The average Bonchev–Trinajstić information content (AvgIpc) is 2.96. The van der Waals surface area contributed by atoms with Crippen LogP contribution in [-0.4, -0.2) is 20.1 Å². The van der Waals surface area contributed by atoms with Crippen molar-refractivity contribution in [2.24, 2.45) is 0 Å². The van der Waals surface area contributed by atoms with Crippen molar-refractivity contribution < 1.29 is 30.8 Å². The molecule has 8 heteroatoms. The van der Waals surface area contributed by atoms with E-state index in [0.29, 0.717) is 16.2 Å². The molecule has 0 saturated carbocycles. The van der Waals surface area contributed by atoms with Gasteiger partial charge >= 0.3 is 25.7 Å². The molecule has 1 heterocycles. The standard InChI is InChI=1S/C20H24ClN3O.2O.Ti/c1-19(2,3)12-9-14(20(4,5)6)18(25)17(10-12)24-22-15-8-7-13(21)11-16(15)23-24;;;/h7-11,25H,1-6H3;;;. The van der Waals surface area contributed by atoms with Gasteiger partial charge < -0.3 is 5.11 Å². The van der Waals surface area contributed by atoms with Crippen molar-refractivity contribution >= 4 is 22.6 Å². The summed E-state index contributed by atoms with van der Waals surface area (Å²) in [5.41, 5.74) is 3.78. The van der Waals surface area contributed by atoms with E-state index >= 15 is 0 Å². The van der Waals surface area contributed by atoms with Crippen LogP contribution < -0.4 is 0 Å². The zero-order valence-corrected chi connectivity index (χ0v) is 19.2. The molecule has 0 spiro atoms. The third-order valence-corrected chi connectivity index (χ3v) is 4.56. The van der Waals surface area contributed by atoms with E-state index in [-0.39, 0.29) is 16.6 Å². The summed E-state index contributed by atoms with van der Waals surface area (Å²) in [7, 11) is 0. The summed E-state index contributed by atoms with van der Waals surface area (Å²) in [4.78, 5) is 1.50. The van der Waals surface area contributed by atoms with E-state index in [0.717, 1.165) is 16.6 Å². The van der Waals surface area contributed by atoms with Gasteiger partial charge in [0.2, 0.25) is 0 Å². The van der Waals surface area contributed by atoms with Crippen LogP contribution in [0.1, 0.15) is 52.7 Å². The van der Waals surface area contributed by atoms with Crippen molar-refractivity contribution in [2.45, 2.75) is 52.4 Å². The molecule has 0 bridgehead atoms. The predicted octanol–water partition coefficient (Wildman–Crippen LogP) is 5.13. The van der Waals surface area contributed by atoms with Gasteiger partial charge in [0.05, 0.1) is 0 Å². The molecule has 28 heavy (non-hydrogen) atoms. The van der Waals surface area contributed by atoms with E-state index in [1.807, 2.05) is 12.1 Å². The van der Waals surface area contributed by atoms with E-state index in [1.54, 1.807) is 12.1 Å². The van der Waals surface area contributed by atoms with Gasteiger partial charge in [0.1, 0.15) is 22.5 Å². The number of phenols is 1. The Morgan fingerprint density at radius 1 is 0.929 bits per heavy atom. The van der Waals surface area contributed by atoms with Crippen LogP contribution >= 0.6 is 11.6 Å². The molecule has 0 aliphatic rings. The third-order valence-electron chi connectivity index (χ3n) is 4.32. The van der Waals surface area contributed by atoms with Crippen molar-refractivity contribution in [1.82, 2.24) is 15.0 Å². The van der Waals surface area contributed by atoms with E-state index in [2.05, 4.69) is 57.8 Å². The Hall–Kier alpha value is -1.76. The number of nitrogens with zero attached hydrogens (tertiary/aromatic N) is 3. The van der Waals surface area contributed by atoms with Gasteiger partial charge in [-0.2, -0.15) is 0 Å². The summed E-state index contributed by atoms with van der Waals surface area (Å²) in [6.07, 6.45) is 0. The van der Waals surface area contributed by atoms with Crippen molar-refractivity contribution in [3.8, 4) is 11.4 Å². The molecule has 3 rings (SSSR count). The second-order valence-corrected chi connectivity index (χ2v) is 9.29. The first kappa shape index (κ1) is 22.5. The molecule has 2 aromatic carbocycles. The summed E-state index contributed by atoms with van der Waals surface area (Å²) >= 11 is 4.05. The number of benzene rings is 2. The summed E-state index contributed by atoms with van der Waals surface area (Å²) in [5, 5.41) is 20.6. The minimum absolute atomic E-state index is 0.0572. The molecule has 1 aromatic heterocycles. The molecule has 0 saturated heterocycles. The van der Waals surface area contributed by atoms with E-state index in [4.69, 9.17) is 18.3 Å². The maximum atomic E-state index is 10.9. The predicted molar refractivity (Wildman–Crippen MR) is 104 cm³/mol. The van der Waals surface area contributed by atoms with Crippen molar-refractivity contribution in [3.05, 3.63) is 46.5 Å². The van der Waals surface area contributed by atoms with Gasteiger partial charge in [-0.1, -0.05) is 59.2 Å². The van der Waals surface area contributed by atoms with Gasteiger partial charge in [-0.25, -0.2) is 0 Å². The summed E-state index contributed by atoms with van der Waals surface area (Å²) in [5.74, 6) is 0.215. The fourth-order valence-electron chi connectivity index (χ4n) is 2.77. The SMILES string of the molecule is CC(C)(C)c1cc(-n2nc3ccc(Cl)cc3n2)c(O)c(C(C)(C)C)c1.[O]=[Ti]=[O]. The molecular weight excluding hydrogens is 414 g/mol. The molecule has 0 atom stereocenters. The van der Waals surface area contributed by atoms with Crippen molar-refractivity contribution in [1.29, 1.82) is 0 Å². The Labute approximate surface area is 178 Å². The van der Waals surface area contributed by atoms with Gasteiger partial charge in [0, 0.05) is 10.6 Å². The molecule has 0 fully saturated rings. The Morgan fingerprint density at radius 2 is 1.50 bits per heavy atom. The Morgan fingerprint density at radius 3 is 2.04 bits per heavy atom. The number of phenolic OH excluding ortho intramolecular Hbond substituents is 1. The van der Waals surface area contributed by atoms with E-state index in [1.165, 1.54) is 4.80 Å². The second kappa shape index (κ2) is 8.31. The molecule has 0 unspecified atom stereocenters. The Bertz CT molecular complexity index is 1040. The maximum absolute atomic E-state index is 10.9. The fraction of sp³-hybridized carbons (Fsp3) is 0.400. The molecule has 0 aliphatic heterocycles. The number of hydrogen-bond donors (Lipinski definition) is 1. The molecular formula is C20H24ClN3O3Ti. The van der Waals surface area contributed by atoms with Crippen LogP contribution in [0.25, 0.3) is 16.7 Å². The zero-order chi connectivity index (χ0) is 21.3. The Kier molecular flexibility index (Phi) is 6.69. The molecule has 0 amide bonds. The number of fused-ring (bicyclic) bond motifs is 1. The summed E-state index contributed by atoms with van der Waals surface area (Å²) in [6.45, 7) is 12.7. The monoisotopic (exact) mass is 437 g/mol. The number of rotatable bonds is 1. The molecule has 0 radical (unpaired) electrons. The molecule has 1 N–H and O–H groups in total. The van der Waals surface area contributed by atoms with Crippen LogP contribution in [0, 0.1) is 0 Å². The number of aromatic hydroxyl groups is 1. The number of aromatic nitrogens is 3. The normalized spacial score (nSPS) is 11.7. The van der Waals surface area contributed by atoms with E-state index in [9.17, 15) is 5.11 Å². The number of halogens is 1. The van der Waals surface area contributed by atoms with Gasteiger partial charge in [-0.15, -0.1) is 15.0 Å². The topological polar surface area (TPSA) is 85.1 Å². The van der Waals surface area contributed by atoms with Crippen LogP contribution in [0.4, 0.5) is 0 Å². The average molecular weight is 438 g/mol. The molecule has 6 nitrogen and oxygen atoms in total. The number of hydrogen-bond acceptors (Lipinski definition) is 5. The summed E-state index contributed by atoms with van der Waals surface area (Å²) < 4.78 is 17.0. The van der Waals surface area contributed by atoms with Crippen molar-refractivity contribution in [3.63, 3.8) is 0 Å². The molecule has 3 aromatic rings. The van der Waals surface area contributed by atoms with E-state index < -0.39 is 19.1 Å².